The van der Waals surface area contributed by atoms with Gasteiger partial charge in [0.05, 0.1) is 36.3 Å². The predicted octanol–water partition coefficient (Wildman–Crippen LogP) is 16.5. The SMILES string of the molecule is [2H]c1c([2H])c([2H])c(-c2cccc(-c3c([2H])c([2H])c([2H])c([2H])c3[2H])c2Nc2ccccc2Nc2cc(Oc3ccc4c5oc6ccccc6c5n(-c5cc(C(C)(C)C)ccn5)c4c3)cc(-c3ccccc3)c2)c([2H])c1[2H]. The number of anilines is 4. The molecule has 8 aromatic carbocycles. The number of furan rings is 1. The molecule has 0 unspecified atom stereocenters. The topological polar surface area (TPSA) is 64.2 Å². The van der Waals surface area contributed by atoms with Gasteiger partial charge >= 0.3 is 0 Å². The van der Waals surface area contributed by atoms with Gasteiger partial charge < -0.3 is 19.8 Å². The third-order valence-electron chi connectivity index (χ3n) is 11.4. The van der Waals surface area contributed by atoms with E-state index in [0.29, 0.717) is 28.6 Å². The van der Waals surface area contributed by atoms with Crippen LogP contribution >= 0.6 is 0 Å². The molecule has 3 aromatic heterocycles. The molecule has 2 N–H and O–H groups in total. The highest BCUT2D eigenvalue weighted by molar-refractivity contribution is 6.16. The van der Waals surface area contributed by atoms with Crippen LogP contribution in [0.25, 0.3) is 72.2 Å². The Morgan fingerprint density at radius 1 is 0.569 bits per heavy atom. The molecule has 0 amide bonds. The Hall–Kier alpha value is -8.35. The third-order valence-corrected chi connectivity index (χ3v) is 11.4. The highest BCUT2D eigenvalue weighted by Crippen LogP contribution is 2.43. The summed E-state index contributed by atoms with van der Waals surface area (Å²) in [4.78, 5) is 4.89. The molecule has 0 saturated heterocycles. The van der Waals surface area contributed by atoms with Gasteiger partial charge in [-0.15, -0.1) is 0 Å². The molecule has 0 bridgehead atoms. The number of rotatable bonds is 10. The molecule has 0 aliphatic carbocycles. The van der Waals surface area contributed by atoms with Gasteiger partial charge in [0.15, 0.2) is 5.58 Å². The van der Waals surface area contributed by atoms with Crippen LogP contribution in [0.4, 0.5) is 22.7 Å². The summed E-state index contributed by atoms with van der Waals surface area (Å²) in [6.07, 6.45) is 1.84. The number of nitrogens with zero attached hydrogens (tertiary/aromatic N) is 2. The molecule has 11 rings (SSSR count). The van der Waals surface area contributed by atoms with Gasteiger partial charge in [0.2, 0.25) is 0 Å². The molecule has 0 atom stereocenters. The highest BCUT2D eigenvalue weighted by Gasteiger charge is 2.23. The fourth-order valence-corrected chi connectivity index (χ4v) is 8.28. The van der Waals surface area contributed by atoms with Crippen molar-refractivity contribution in [3.05, 3.63) is 218 Å². The smallest absolute Gasteiger partial charge is 0.161 e. The van der Waals surface area contributed by atoms with Gasteiger partial charge in [-0.05, 0) is 93.9 Å². The van der Waals surface area contributed by atoms with E-state index in [4.69, 9.17) is 27.8 Å². The van der Waals surface area contributed by atoms with Crippen molar-refractivity contribution in [1.82, 2.24) is 9.55 Å². The number of hydrogen-bond donors (Lipinski definition) is 2. The summed E-state index contributed by atoms with van der Waals surface area (Å²) in [6.45, 7) is 6.52. The van der Waals surface area contributed by atoms with Crippen molar-refractivity contribution in [2.75, 3.05) is 10.6 Å². The highest BCUT2D eigenvalue weighted by atomic mass is 16.5. The Morgan fingerprint density at radius 2 is 1.25 bits per heavy atom. The van der Waals surface area contributed by atoms with E-state index < -0.39 is 60.4 Å². The van der Waals surface area contributed by atoms with Crippen LogP contribution in [0.3, 0.4) is 0 Å². The van der Waals surface area contributed by atoms with Crippen LogP contribution in [0.5, 0.6) is 11.5 Å². The first kappa shape index (κ1) is 29.9. The van der Waals surface area contributed by atoms with E-state index in [1.165, 1.54) is 0 Å². The van der Waals surface area contributed by atoms with Gasteiger partial charge in [-0.2, -0.15) is 0 Å². The van der Waals surface area contributed by atoms with Gasteiger partial charge in [0.1, 0.15) is 28.4 Å². The first-order chi connectivity index (χ1) is 36.0. The maximum Gasteiger partial charge on any atom is 0.161 e. The van der Waals surface area contributed by atoms with E-state index in [1.54, 1.807) is 30.3 Å². The molecule has 11 aromatic rings. The zero-order valence-corrected chi connectivity index (χ0v) is 35.6. The van der Waals surface area contributed by atoms with Crippen molar-refractivity contribution in [3.63, 3.8) is 0 Å². The van der Waals surface area contributed by atoms with E-state index in [9.17, 15) is 0 Å². The molecule has 0 aliphatic rings. The van der Waals surface area contributed by atoms with Gasteiger partial charge in [-0.3, -0.25) is 4.57 Å². The van der Waals surface area contributed by atoms with Gasteiger partial charge in [0, 0.05) is 45.9 Å². The van der Waals surface area contributed by atoms with Crippen molar-refractivity contribution >= 4 is 55.7 Å². The second kappa shape index (κ2) is 16.4. The predicted molar refractivity (Wildman–Crippen MR) is 269 cm³/mol. The number of pyridine rings is 1. The van der Waals surface area contributed by atoms with E-state index in [2.05, 4.69) is 48.1 Å². The summed E-state index contributed by atoms with van der Waals surface area (Å²) in [6, 6.07) is 40.5. The second-order valence-corrected chi connectivity index (χ2v) is 16.7. The Bertz CT molecular complexity index is 3970. The van der Waals surface area contributed by atoms with Crippen molar-refractivity contribution in [2.45, 2.75) is 26.2 Å². The Balaban J connectivity index is 1.04. The summed E-state index contributed by atoms with van der Waals surface area (Å²) in [5, 5.41) is 8.85. The summed E-state index contributed by atoms with van der Waals surface area (Å²) in [5.41, 5.74) is 7.80. The first-order valence-corrected chi connectivity index (χ1v) is 21.2. The molecule has 314 valence electrons. The molecule has 3 heterocycles. The molecular weight excluding hydrogens is 797 g/mol. The summed E-state index contributed by atoms with van der Waals surface area (Å²) < 4.78 is 102. The van der Waals surface area contributed by atoms with Crippen molar-refractivity contribution in [2.24, 2.45) is 0 Å². The molecule has 6 nitrogen and oxygen atoms in total. The Kier molecular flexibility index (Phi) is 7.54. The average molecular weight is 853 g/mol. The van der Waals surface area contributed by atoms with Crippen molar-refractivity contribution in [1.29, 1.82) is 0 Å². The minimum absolute atomic E-state index is 0.131. The van der Waals surface area contributed by atoms with E-state index in [-0.39, 0.29) is 33.4 Å². The zero-order valence-electron chi connectivity index (χ0n) is 45.6. The number of nitrogens with one attached hydrogen (secondary N) is 2. The standard InChI is InChI=1S/C59H46N4O2/c1-59(2,3)43-32-33-60-55(36-43)63-53-38-45(30-31-49(53)58-57(63)50-24-13-16-29-54(50)65-58)64-46-35-42(39-18-7-4-8-19-39)34-44(37-46)61-51-27-14-15-28-52(51)62-56-47(40-20-9-5-10-21-40)25-17-26-48(56)41-22-11-6-12-23-41/h4-38,61-62H,1-3H3/i5D,6D,9D,10D,11D,12D,20D,21D,22D,23D. The number of aromatic nitrogens is 2. The average Bonchev–Trinajstić information content (AvgIpc) is 4.02. The van der Waals surface area contributed by atoms with Gasteiger partial charge in [0.25, 0.3) is 0 Å². The van der Waals surface area contributed by atoms with Crippen LogP contribution in [0, 0.1) is 0 Å². The van der Waals surface area contributed by atoms with E-state index in [0.717, 1.165) is 55.5 Å². The lowest BCUT2D eigenvalue weighted by Gasteiger charge is -2.20. The number of ether oxygens (including phenoxy) is 1. The molecule has 0 radical (unpaired) electrons. The number of fused-ring (bicyclic) bond motifs is 5. The lowest BCUT2D eigenvalue weighted by Crippen LogP contribution is -2.12. The van der Waals surface area contributed by atoms with Crippen LogP contribution in [-0.4, -0.2) is 9.55 Å². The Morgan fingerprint density at radius 3 is 1.97 bits per heavy atom. The first-order valence-electron chi connectivity index (χ1n) is 26.2. The molecule has 0 spiro atoms. The lowest BCUT2D eigenvalue weighted by atomic mass is 9.88. The Labute approximate surface area is 392 Å². The maximum atomic E-state index is 8.96. The largest absolute Gasteiger partial charge is 0.457 e. The molecular formula is C59H46N4O2. The molecule has 0 saturated carbocycles. The van der Waals surface area contributed by atoms with Crippen LogP contribution in [-0.2, 0) is 5.41 Å². The van der Waals surface area contributed by atoms with E-state index >= 15 is 0 Å². The number of benzene rings is 8. The van der Waals surface area contributed by atoms with E-state index in [1.807, 2.05) is 109 Å². The van der Waals surface area contributed by atoms with Crippen LogP contribution in [0.15, 0.2) is 217 Å². The summed E-state index contributed by atoms with van der Waals surface area (Å²) >= 11 is 0. The van der Waals surface area contributed by atoms with Crippen molar-refractivity contribution in [3.8, 4) is 50.7 Å². The van der Waals surface area contributed by atoms with Crippen molar-refractivity contribution < 1.29 is 22.9 Å². The zero-order chi connectivity index (χ0) is 52.6. The monoisotopic (exact) mass is 852 g/mol. The van der Waals surface area contributed by atoms with Crippen LogP contribution < -0.4 is 15.4 Å². The summed E-state index contributed by atoms with van der Waals surface area (Å²) in [7, 11) is 0. The van der Waals surface area contributed by atoms with Gasteiger partial charge in [-0.25, -0.2) is 4.98 Å². The second-order valence-electron chi connectivity index (χ2n) is 16.7. The fraction of sp³-hybridized carbons (Fsp3) is 0.0678. The lowest BCUT2D eigenvalue weighted by molar-refractivity contribution is 0.484. The van der Waals surface area contributed by atoms with Gasteiger partial charge in [-0.1, -0.05) is 154 Å². The minimum Gasteiger partial charge on any atom is -0.457 e. The summed E-state index contributed by atoms with van der Waals surface area (Å²) in [5.74, 6) is 1.81. The molecule has 65 heavy (non-hydrogen) atoms. The fourth-order valence-electron chi connectivity index (χ4n) is 8.28. The van der Waals surface area contributed by atoms with Crippen LogP contribution in [0.2, 0.25) is 0 Å². The number of hydrogen-bond acceptors (Lipinski definition) is 5. The molecule has 6 heteroatoms. The third kappa shape index (κ3) is 7.66. The number of para-hydroxylation sites is 4. The minimum atomic E-state index is -0.570. The molecule has 0 aliphatic heterocycles. The molecule has 0 fully saturated rings. The maximum absolute atomic E-state index is 8.96. The normalized spacial score (nSPS) is 13.8. The quantitative estimate of drug-likeness (QED) is 0.143. The van der Waals surface area contributed by atoms with Crippen LogP contribution in [0.1, 0.15) is 40.0 Å².